The number of carbonyl (C=O) groups excluding carboxylic acids is 1. The first kappa shape index (κ1) is 21.6. The molecule has 1 spiro atoms. The molecule has 9 nitrogen and oxygen atoms in total. The summed E-state index contributed by atoms with van der Waals surface area (Å²) in [4.78, 5) is 19.4. The monoisotopic (exact) mass is 469 g/mol. The number of nitrogens with zero attached hydrogens (tertiary/aromatic N) is 5. The molecule has 0 bridgehead atoms. The third-order valence-corrected chi connectivity index (χ3v) is 7.66. The number of ether oxygens (including phenoxy) is 1. The fourth-order valence-electron chi connectivity index (χ4n) is 5.54. The lowest BCUT2D eigenvalue weighted by atomic mass is 9.72. The molecule has 0 radical (unpaired) electrons. The van der Waals surface area contributed by atoms with Gasteiger partial charge in [-0.1, -0.05) is 30.3 Å². The van der Waals surface area contributed by atoms with Crippen LogP contribution in [0.15, 0.2) is 48.7 Å². The molecule has 2 aromatic heterocycles. The first-order valence-electron chi connectivity index (χ1n) is 12.0. The summed E-state index contributed by atoms with van der Waals surface area (Å²) in [5, 5.41) is 17.4. The number of fused-ring (bicyclic) bond motifs is 2. The fraction of sp³-hybridized carbons (Fsp3) is 0.385. The minimum Gasteiger partial charge on any atom is -0.383 e. The molecule has 1 saturated carbocycles. The van der Waals surface area contributed by atoms with Gasteiger partial charge < -0.3 is 20.7 Å². The number of carbonyl (C=O) groups is 1. The van der Waals surface area contributed by atoms with Gasteiger partial charge in [0.25, 0.3) is 0 Å². The molecule has 1 atom stereocenters. The SMILES string of the molecule is N#Cc1cc(-c2cc3n(n2)CCOC32CCN(C(=O)NC3(c4ccccc4)CCC3)C2)cnc1N. The zero-order chi connectivity index (χ0) is 24.0. The van der Waals surface area contributed by atoms with E-state index in [1.165, 1.54) is 5.56 Å². The Kier molecular flexibility index (Phi) is 5.00. The third-order valence-electron chi connectivity index (χ3n) is 7.66. The summed E-state index contributed by atoms with van der Waals surface area (Å²) >= 11 is 0. The number of likely N-dealkylation sites (tertiary alicyclic amines) is 1. The van der Waals surface area contributed by atoms with Crippen molar-refractivity contribution < 1.29 is 9.53 Å². The number of nitrogens with one attached hydrogen (secondary N) is 1. The molecule has 2 fully saturated rings. The second-order valence-corrected chi connectivity index (χ2v) is 9.65. The van der Waals surface area contributed by atoms with Crippen molar-refractivity contribution in [2.24, 2.45) is 0 Å². The minimum atomic E-state index is -0.598. The van der Waals surface area contributed by atoms with E-state index in [4.69, 9.17) is 15.6 Å². The highest BCUT2D eigenvalue weighted by Gasteiger charge is 2.48. The fourth-order valence-corrected chi connectivity index (χ4v) is 5.54. The highest BCUT2D eigenvalue weighted by atomic mass is 16.5. The molecule has 1 aliphatic carbocycles. The number of anilines is 1. The molecule has 178 valence electrons. The van der Waals surface area contributed by atoms with Gasteiger partial charge in [-0.3, -0.25) is 4.68 Å². The smallest absolute Gasteiger partial charge is 0.318 e. The van der Waals surface area contributed by atoms with Crippen LogP contribution in [0.25, 0.3) is 11.3 Å². The Balaban J connectivity index is 1.24. The number of pyridine rings is 1. The first-order chi connectivity index (χ1) is 17.0. The van der Waals surface area contributed by atoms with E-state index in [1.54, 1.807) is 12.3 Å². The molecule has 2 amide bonds. The summed E-state index contributed by atoms with van der Waals surface area (Å²) in [6, 6.07) is 16.0. The van der Waals surface area contributed by atoms with Crippen molar-refractivity contribution >= 4 is 11.8 Å². The van der Waals surface area contributed by atoms with E-state index in [9.17, 15) is 10.1 Å². The van der Waals surface area contributed by atoms with Crippen LogP contribution in [0, 0.1) is 11.3 Å². The maximum Gasteiger partial charge on any atom is 0.318 e. The van der Waals surface area contributed by atoms with Crippen LogP contribution in [0.5, 0.6) is 0 Å². The van der Waals surface area contributed by atoms with E-state index in [2.05, 4.69) is 28.5 Å². The summed E-state index contributed by atoms with van der Waals surface area (Å²) in [6.45, 7) is 2.24. The molecule has 1 saturated heterocycles. The number of nitrogens with two attached hydrogens (primary N) is 1. The van der Waals surface area contributed by atoms with Crippen molar-refractivity contribution in [2.45, 2.75) is 43.4 Å². The first-order valence-corrected chi connectivity index (χ1v) is 12.0. The van der Waals surface area contributed by atoms with Gasteiger partial charge in [0.1, 0.15) is 17.5 Å². The minimum absolute atomic E-state index is 0.0488. The number of rotatable bonds is 3. The van der Waals surface area contributed by atoms with Gasteiger partial charge in [-0.15, -0.1) is 0 Å². The Labute approximate surface area is 203 Å². The molecule has 3 aromatic rings. The van der Waals surface area contributed by atoms with Crippen LogP contribution in [0.3, 0.4) is 0 Å². The highest BCUT2D eigenvalue weighted by Crippen LogP contribution is 2.43. The van der Waals surface area contributed by atoms with Crippen molar-refractivity contribution in [3.8, 4) is 17.3 Å². The van der Waals surface area contributed by atoms with Crippen LogP contribution >= 0.6 is 0 Å². The lowest BCUT2D eigenvalue weighted by Gasteiger charge is -2.44. The van der Waals surface area contributed by atoms with Crippen LogP contribution in [0.1, 0.15) is 42.5 Å². The van der Waals surface area contributed by atoms with Crippen molar-refractivity contribution in [1.29, 1.82) is 5.26 Å². The Hall–Kier alpha value is -3.90. The van der Waals surface area contributed by atoms with Gasteiger partial charge in [0.2, 0.25) is 0 Å². The number of hydrogen-bond acceptors (Lipinski definition) is 6. The van der Waals surface area contributed by atoms with E-state index in [-0.39, 0.29) is 17.4 Å². The standard InChI is InChI=1S/C26H27N7O2/c27-15-18-13-19(16-29-23(18)28)21-14-22-26(35-12-11-33(22)31-21)9-10-32(17-26)24(34)30-25(7-4-8-25)20-5-2-1-3-6-20/h1-3,5-6,13-14,16H,4,7-12,17H2,(H2,28,29)(H,30,34). The Morgan fingerprint density at radius 2 is 2.00 bits per heavy atom. The Morgan fingerprint density at radius 3 is 2.74 bits per heavy atom. The molecule has 4 heterocycles. The molecule has 35 heavy (non-hydrogen) atoms. The number of urea groups is 1. The van der Waals surface area contributed by atoms with Gasteiger partial charge in [0, 0.05) is 24.7 Å². The number of nitriles is 1. The van der Waals surface area contributed by atoms with Crippen LogP contribution in [-0.4, -0.2) is 45.4 Å². The molecular weight excluding hydrogens is 442 g/mol. The van der Waals surface area contributed by atoms with Gasteiger partial charge in [0.15, 0.2) is 0 Å². The topological polar surface area (TPSA) is 122 Å². The normalized spacial score (nSPS) is 22.3. The molecule has 2 aliphatic heterocycles. The summed E-state index contributed by atoms with van der Waals surface area (Å²) in [7, 11) is 0. The second kappa shape index (κ2) is 8.10. The van der Waals surface area contributed by atoms with E-state index in [0.717, 1.165) is 30.5 Å². The zero-order valence-corrected chi connectivity index (χ0v) is 19.4. The highest BCUT2D eigenvalue weighted by molar-refractivity contribution is 5.76. The number of amides is 2. The summed E-state index contributed by atoms with van der Waals surface area (Å²) < 4.78 is 8.29. The lowest BCUT2D eigenvalue weighted by molar-refractivity contribution is -0.0703. The largest absolute Gasteiger partial charge is 0.383 e. The van der Waals surface area contributed by atoms with Crippen LogP contribution in [-0.2, 0) is 22.4 Å². The van der Waals surface area contributed by atoms with Crippen LogP contribution < -0.4 is 11.1 Å². The second-order valence-electron chi connectivity index (χ2n) is 9.65. The zero-order valence-electron chi connectivity index (χ0n) is 19.4. The summed E-state index contributed by atoms with van der Waals surface area (Å²) in [5.41, 5.74) is 8.80. The number of hydrogen-bond donors (Lipinski definition) is 2. The quantitative estimate of drug-likeness (QED) is 0.608. The van der Waals surface area contributed by atoms with Gasteiger partial charge in [-0.25, -0.2) is 9.78 Å². The Morgan fingerprint density at radius 1 is 1.17 bits per heavy atom. The van der Waals surface area contributed by atoms with E-state index >= 15 is 0 Å². The van der Waals surface area contributed by atoms with Gasteiger partial charge in [-0.2, -0.15) is 10.4 Å². The van der Waals surface area contributed by atoms with E-state index in [1.807, 2.05) is 33.8 Å². The Bertz CT molecular complexity index is 1330. The lowest BCUT2D eigenvalue weighted by Crippen LogP contribution is -2.55. The van der Waals surface area contributed by atoms with Gasteiger partial charge in [-0.05, 0) is 37.0 Å². The van der Waals surface area contributed by atoms with Crippen molar-refractivity contribution in [3.63, 3.8) is 0 Å². The average Bonchev–Trinajstić information content (AvgIpc) is 3.49. The number of aromatic nitrogens is 3. The van der Waals surface area contributed by atoms with Gasteiger partial charge >= 0.3 is 6.03 Å². The summed E-state index contributed by atoms with van der Waals surface area (Å²) in [5.74, 6) is 0.206. The van der Waals surface area contributed by atoms with E-state index < -0.39 is 5.60 Å². The van der Waals surface area contributed by atoms with Crippen LogP contribution in [0.4, 0.5) is 10.6 Å². The van der Waals surface area contributed by atoms with Crippen molar-refractivity contribution in [1.82, 2.24) is 25.0 Å². The third kappa shape index (κ3) is 3.53. The molecule has 1 aromatic carbocycles. The number of benzene rings is 1. The maximum atomic E-state index is 13.4. The molecule has 3 aliphatic rings. The predicted molar refractivity (Wildman–Crippen MR) is 129 cm³/mol. The molecule has 6 rings (SSSR count). The van der Waals surface area contributed by atoms with Gasteiger partial charge in [0.05, 0.1) is 42.2 Å². The molecule has 1 unspecified atom stereocenters. The summed E-state index contributed by atoms with van der Waals surface area (Å²) in [6.07, 6.45) is 5.35. The average molecular weight is 470 g/mol. The molecule has 3 N–H and O–H groups in total. The maximum absolute atomic E-state index is 13.4. The van der Waals surface area contributed by atoms with Crippen molar-refractivity contribution in [3.05, 3.63) is 65.5 Å². The molecular formula is C26H27N7O2. The number of nitrogen functional groups attached to an aromatic ring is 1. The molecule has 9 heteroatoms. The van der Waals surface area contributed by atoms with Crippen molar-refractivity contribution in [2.75, 3.05) is 25.4 Å². The van der Waals surface area contributed by atoms with Crippen LogP contribution in [0.2, 0.25) is 0 Å². The predicted octanol–water partition coefficient (Wildman–Crippen LogP) is 3.12. The van der Waals surface area contributed by atoms with E-state index in [0.29, 0.717) is 43.9 Å².